The summed E-state index contributed by atoms with van der Waals surface area (Å²) in [7, 11) is -3.71. The van der Waals surface area contributed by atoms with Gasteiger partial charge in [-0.2, -0.15) is 17.6 Å². The Hall–Kier alpha value is -3.55. The summed E-state index contributed by atoms with van der Waals surface area (Å²) in [5.74, 6) is -2.40. The van der Waals surface area contributed by atoms with Crippen LogP contribution in [0.1, 0.15) is 35.6 Å². The molecule has 1 aliphatic carbocycles. The number of hydrogen-bond donors (Lipinski definition) is 3. The molecule has 3 N–H and O–H groups in total. The molecule has 1 fully saturated rings. The van der Waals surface area contributed by atoms with Crippen molar-refractivity contribution in [2.75, 3.05) is 21.6 Å². The predicted octanol–water partition coefficient (Wildman–Crippen LogP) is 4.72. The number of nitrogens with one attached hydrogen (secondary N) is 3. The van der Waals surface area contributed by atoms with E-state index >= 15 is 4.39 Å². The Labute approximate surface area is 203 Å². The third-order valence-electron chi connectivity index (χ3n) is 5.41. The molecule has 3 aromatic rings. The van der Waals surface area contributed by atoms with E-state index in [2.05, 4.69) is 25.6 Å². The largest absolute Gasteiger partial charge is 0.416 e. The second-order valence-corrected chi connectivity index (χ2v) is 10.1. The highest BCUT2D eigenvalue weighted by molar-refractivity contribution is 7.92. The Bertz CT molecular complexity index is 1350. The standard InChI is InChI=1S/C22H21F5N6O2S/c1-36(34,35)33-19-16(23)8-12(9-28-19)10-29-20-17(24)21(31-11-30-20)32-18(13-2-3-13)14-4-6-15(7-5-14)22(25,26)27/h4-9,11,13,18H,2-3,10H2,1H3,(H,28,33)(H2,29,30,31,32). The molecular weight excluding hydrogens is 507 g/mol. The number of benzene rings is 1. The van der Waals surface area contributed by atoms with Crippen LogP contribution < -0.4 is 15.4 Å². The van der Waals surface area contributed by atoms with E-state index in [-0.39, 0.29) is 24.1 Å². The predicted molar refractivity (Wildman–Crippen MR) is 123 cm³/mol. The van der Waals surface area contributed by atoms with Gasteiger partial charge in [-0.1, -0.05) is 12.1 Å². The summed E-state index contributed by atoms with van der Waals surface area (Å²) < 4.78 is 92.4. The lowest BCUT2D eigenvalue weighted by atomic mass is 10.0. The minimum absolute atomic E-state index is 0.0819. The first-order chi connectivity index (χ1) is 16.9. The average molecular weight is 529 g/mol. The molecule has 36 heavy (non-hydrogen) atoms. The van der Waals surface area contributed by atoms with Crippen molar-refractivity contribution in [1.82, 2.24) is 15.0 Å². The van der Waals surface area contributed by atoms with Crippen LogP contribution in [0.15, 0.2) is 42.9 Å². The van der Waals surface area contributed by atoms with Crippen molar-refractivity contribution in [2.45, 2.75) is 31.6 Å². The molecule has 0 spiro atoms. The summed E-state index contributed by atoms with van der Waals surface area (Å²) in [5, 5.41) is 5.69. The molecule has 0 amide bonds. The highest BCUT2D eigenvalue weighted by atomic mass is 32.2. The molecular formula is C22H21F5N6O2S. The molecule has 0 saturated heterocycles. The Morgan fingerprint density at radius 3 is 2.28 bits per heavy atom. The van der Waals surface area contributed by atoms with Crippen molar-refractivity contribution in [3.63, 3.8) is 0 Å². The number of pyridine rings is 1. The smallest absolute Gasteiger partial charge is 0.363 e. The zero-order valence-electron chi connectivity index (χ0n) is 18.8. The van der Waals surface area contributed by atoms with Gasteiger partial charge >= 0.3 is 6.18 Å². The Balaban J connectivity index is 1.47. The van der Waals surface area contributed by atoms with Crippen LogP contribution in [0.2, 0.25) is 0 Å². The van der Waals surface area contributed by atoms with Crippen LogP contribution in [0.3, 0.4) is 0 Å². The van der Waals surface area contributed by atoms with E-state index in [1.165, 1.54) is 18.3 Å². The molecule has 4 rings (SSSR count). The van der Waals surface area contributed by atoms with Crippen LogP contribution in [0.4, 0.5) is 39.4 Å². The molecule has 0 bridgehead atoms. The zero-order valence-corrected chi connectivity index (χ0v) is 19.6. The van der Waals surface area contributed by atoms with Gasteiger partial charge in [-0.3, -0.25) is 4.72 Å². The van der Waals surface area contributed by atoms with Gasteiger partial charge in [-0.15, -0.1) is 0 Å². The molecule has 8 nitrogen and oxygen atoms in total. The number of nitrogens with zero attached hydrogens (tertiary/aromatic N) is 3. The second-order valence-electron chi connectivity index (χ2n) is 8.37. The third-order valence-corrected chi connectivity index (χ3v) is 5.98. The van der Waals surface area contributed by atoms with Crippen LogP contribution in [0, 0.1) is 17.6 Å². The molecule has 1 aliphatic rings. The van der Waals surface area contributed by atoms with E-state index in [4.69, 9.17) is 0 Å². The minimum atomic E-state index is -4.46. The number of sulfonamides is 1. The topological polar surface area (TPSA) is 109 Å². The maximum atomic E-state index is 15.1. The summed E-state index contributed by atoms with van der Waals surface area (Å²) >= 11 is 0. The van der Waals surface area contributed by atoms with Crippen molar-refractivity contribution >= 4 is 27.5 Å². The molecule has 2 heterocycles. The van der Waals surface area contributed by atoms with Gasteiger partial charge in [-0.05, 0) is 48.1 Å². The van der Waals surface area contributed by atoms with Crippen molar-refractivity contribution in [3.8, 4) is 0 Å². The van der Waals surface area contributed by atoms with Crippen LogP contribution in [-0.4, -0.2) is 29.6 Å². The number of rotatable bonds is 9. The van der Waals surface area contributed by atoms with E-state index in [1.54, 1.807) is 0 Å². The van der Waals surface area contributed by atoms with E-state index in [0.29, 0.717) is 11.1 Å². The quantitative estimate of drug-likeness (QED) is 0.345. The first-order valence-corrected chi connectivity index (χ1v) is 12.6. The lowest BCUT2D eigenvalue weighted by molar-refractivity contribution is -0.137. The zero-order chi connectivity index (χ0) is 26.1. The molecule has 1 saturated carbocycles. The molecule has 1 unspecified atom stereocenters. The van der Waals surface area contributed by atoms with Gasteiger partial charge in [-0.25, -0.2) is 27.8 Å². The summed E-state index contributed by atoms with van der Waals surface area (Å²) in [4.78, 5) is 11.5. The highest BCUT2D eigenvalue weighted by Gasteiger charge is 2.35. The number of alkyl halides is 3. The van der Waals surface area contributed by atoms with Gasteiger partial charge in [0.25, 0.3) is 0 Å². The molecule has 192 valence electrons. The van der Waals surface area contributed by atoms with Crippen molar-refractivity contribution in [2.24, 2.45) is 5.92 Å². The minimum Gasteiger partial charge on any atom is -0.363 e. The van der Waals surface area contributed by atoms with Crippen LogP contribution in [0.25, 0.3) is 0 Å². The highest BCUT2D eigenvalue weighted by Crippen LogP contribution is 2.43. The lowest BCUT2D eigenvalue weighted by Gasteiger charge is -2.21. The summed E-state index contributed by atoms with van der Waals surface area (Å²) in [5.41, 5.74) is 0.0913. The maximum absolute atomic E-state index is 15.1. The van der Waals surface area contributed by atoms with Gasteiger partial charge in [0, 0.05) is 12.7 Å². The maximum Gasteiger partial charge on any atom is 0.416 e. The Kier molecular flexibility index (Phi) is 6.98. The molecule has 1 aromatic carbocycles. The second kappa shape index (κ2) is 9.84. The average Bonchev–Trinajstić information content (AvgIpc) is 3.63. The lowest BCUT2D eigenvalue weighted by Crippen LogP contribution is -2.17. The van der Waals surface area contributed by atoms with Crippen LogP contribution in [-0.2, 0) is 22.7 Å². The van der Waals surface area contributed by atoms with Crippen molar-refractivity contribution in [3.05, 3.63) is 71.2 Å². The SMILES string of the molecule is CS(=O)(=O)Nc1ncc(CNc2ncnc(NC(c3ccc(C(F)(F)F)cc3)C3CC3)c2F)cc1F. The van der Waals surface area contributed by atoms with Crippen molar-refractivity contribution in [1.29, 1.82) is 0 Å². The third kappa shape index (κ3) is 6.36. The van der Waals surface area contributed by atoms with E-state index in [1.807, 2.05) is 4.72 Å². The van der Waals surface area contributed by atoms with Gasteiger partial charge in [0.15, 0.2) is 23.3 Å². The number of aromatic nitrogens is 3. The van der Waals surface area contributed by atoms with E-state index in [9.17, 15) is 26.0 Å². The monoisotopic (exact) mass is 528 g/mol. The number of halogens is 5. The van der Waals surface area contributed by atoms with E-state index < -0.39 is 45.3 Å². The van der Waals surface area contributed by atoms with Gasteiger partial charge in [0.05, 0.1) is 17.9 Å². The normalized spacial score (nSPS) is 14.8. The fourth-order valence-electron chi connectivity index (χ4n) is 3.53. The molecule has 0 radical (unpaired) electrons. The molecule has 1 atom stereocenters. The summed E-state index contributed by atoms with van der Waals surface area (Å²) in [6.45, 7) is -0.0819. The summed E-state index contributed by atoms with van der Waals surface area (Å²) in [6, 6.07) is 5.29. The number of anilines is 3. The first-order valence-electron chi connectivity index (χ1n) is 10.7. The number of hydrogen-bond acceptors (Lipinski definition) is 7. The Morgan fingerprint density at radius 1 is 1.03 bits per heavy atom. The van der Waals surface area contributed by atoms with Gasteiger partial charge in [0.2, 0.25) is 15.8 Å². The first kappa shape index (κ1) is 25.5. The van der Waals surface area contributed by atoms with Gasteiger partial charge in [0.1, 0.15) is 6.33 Å². The van der Waals surface area contributed by atoms with Crippen molar-refractivity contribution < 1.29 is 30.4 Å². The van der Waals surface area contributed by atoms with E-state index in [0.717, 1.165) is 43.6 Å². The van der Waals surface area contributed by atoms with Crippen LogP contribution >= 0.6 is 0 Å². The van der Waals surface area contributed by atoms with Gasteiger partial charge < -0.3 is 10.6 Å². The molecule has 14 heteroatoms. The molecule has 0 aliphatic heterocycles. The summed E-state index contributed by atoms with van der Waals surface area (Å²) in [6.07, 6.45) is 0.401. The van der Waals surface area contributed by atoms with Crippen LogP contribution in [0.5, 0.6) is 0 Å². The fraction of sp³-hybridized carbons (Fsp3) is 0.318. The Morgan fingerprint density at radius 2 is 1.69 bits per heavy atom. The molecule has 2 aromatic heterocycles. The fourth-order valence-corrected chi connectivity index (χ4v) is 4.04.